The average molecular weight is 282 g/mol. The summed E-state index contributed by atoms with van der Waals surface area (Å²) in [7, 11) is 3.33. The van der Waals surface area contributed by atoms with Gasteiger partial charge >= 0.3 is 0 Å². The minimum Gasteiger partial charge on any atom is -0.351 e. The number of methoxy groups -OCH3 is 2. The van der Waals surface area contributed by atoms with Crippen LogP contribution in [0.25, 0.3) is 0 Å². The van der Waals surface area contributed by atoms with Crippen molar-refractivity contribution in [1.82, 2.24) is 0 Å². The fraction of sp³-hybridized carbons (Fsp3) is 0.429. The maximum Gasteiger partial charge on any atom is 0.192 e. The van der Waals surface area contributed by atoms with Crippen molar-refractivity contribution in [3.05, 3.63) is 44.3 Å². The van der Waals surface area contributed by atoms with Crippen LogP contribution < -0.4 is 0 Å². The molecular formula is C14H18O2S2. The molecule has 0 spiro atoms. The molecule has 0 aliphatic heterocycles. The molecular weight excluding hydrogens is 264 g/mol. The van der Waals surface area contributed by atoms with Crippen LogP contribution in [0.3, 0.4) is 0 Å². The number of thiophene rings is 2. The van der Waals surface area contributed by atoms with Crippen LogP contribution in [0.5, 0.6) is 0 Å². The first-order valence-electron chi connectivity index (χ1n) is 5.79. The summed E-state index contributed by atoms with van der Waals surface area (Å²) in [5, 5.41) is 2.12. The van der Waals surface area contributed by atoms with Crippen molar-refractivity contribution in [3.63, 3.8) is 0 Å². The predicted octanol–water partition coefficient (Wildman–Crippen LogP) is 4.43. The van der Waals surface area contributed by atoms with E-state index in [-0.39, 0.29) is 11.7 Å². The summed E-state index contributed by atoms with van der Waals surface area (Å²) in [6.07, 6.45) is -0.261. The van der Waals surface area contributed by atoms with Gasteiger partial charge in [0, 0.05) is 29.4 Å². The quantitative estimate of drug-likeness (QED) is 0.755. The van der Waals surface area contributed by atoms with Gasteiger partial charge in [-0.25, -0.2) is 0 Å². The van der Waals surface area contributed by atoms with E-state index in [4.69, 9.17) is 9.47 Å². The second-order valence-electron chi connectivity index (χ2n) is 4.61. The second kappa shape index (κ2) is 5.53. The van der Waals surface area contributed by atoms with Crippen LogP contribution in [-0.2, 0) is 14.9 Å². The van der Waals surface area contributed by atoms with E-state index < -0.39 is 0 Å². The standard InChI is InChI=1S/C14H18O2S2/c1-14(2,11-6-5-9-17-11)12-8-7-10(18-12)13(15-3)16-4/h5-9,13H,1-4H3. The van der Waals surface area contributed by atoms with Crippen LogP contribution in [-0.4, -0.2) is 14.2 Å². The second-order valence-corrected chi connectivity index (χ2v) is 6.67. The third-order valence-corrected chi connectivity index (χ3v) is 5.66. The molecule has 0 fully saturated rings. The van der Waals surface area contributed by atoms with Crippen LogP contribution in [0, 0.1) is 0 Å². The zero-order chi connectivity index (χ0) is 13.2. The summed E-state index contributed by atoms with van der Waals surface area (Å²) in [6, 6.07) is 8.55. The van der Waals surface area contributed by atoms with Crippen LogP contribution in [0.1, 0.15) is 34.8 Å². The fourth-order valence-corrected chi connectivity index (χ4v) is 4.01. The smallest absolute Gasteiger partial charge is 0.192 e. The molecule has 2 aromatic rings. The molecule has 0 amide bonds. The van der Waals surface area contributed by atoms with Crippen molar-refractivity contribution in [2.24, 2.45) is 0 Å². The molecule has 0 aromatic carbocycles. The van der Waals surface area contributed by atoms with E-state index in [1.807, 2.05) is 0 Å². The normalized spacial score (nSPS) is 12.3. The SMILES string of the molecule is COC(OC)c1ccc(C(C)(C)c2cccs2)s1. The summed E-state index contributed by atoms with van der Waals surface area (Å²) in [5.74, 6) is 0. The molecule has 0 saturated heterocycles. The van der Waals surface area contributed by atoms with Crippen molar-refractivity contribution in [3.8, 4) is 0 Å². The van der Waals surface area contributed by atoms with Crippen molar-refractivity contribution < 1.29 is 9.47 Å². The van der Waals surface area contributed by atoms with Gasteiger partial charge in [0.1, 0.15) is 0 Å². The number of hydrogen-bond donors (Lipinski definition) is 0. The molecule has 2 aromatic heterocycles. The highest BCUT2D eigenvalue weighted by Crippen LogP contribution is 2.39. The van der Waals surface area contributed by atoms with Gasteiger partial charge in [-0.2, -0.15) is 0 Å². The molecule has 0 radical (unpaired) electrons. The lowest BCUT2D eigenvalue weighted by Gasteiger charge is -2.21. The van der Waals surface area contributed by atoms with E-state index in [2.05, 4.69) is 43.5 Å². The Bertz CT molecular complexity index is 482. The summed E-state index contributed by atoms with van der Waals surface area (Å²) < 4.78 is 10.6. The van der Waals surface area contributed by atoms with Gasteiger partial charge < -0.3 is 9.47 Å². The van der Waals surface area contributed by atoms with Crippen LogP contribution in [0.2, 0.25) is 0 Å². The zero-order valence-corrected chi connectivity index (χ0v) is 12.7. The summed E-state index contributed by atoms with van der Waals surface area (Å²) >= 11 is 3.55. The van der Waals surface area contributed by atoms with Gasteiger partial charge in [0.2, 0.25) is 0 Å². The Balaban J connectivity index is 2.30. The van der Waals surface area contributed by atoms with Crippen molar-refractivity contribution in [2.75, 3.05) is 14.2 Å². The Kier molecular flexibility index (Phi) is 4.22. The Labute approximate surface area is 116 Å². The molecule has 4 heteroatoms. The first kappa shape index (κ1) is 13.7. The fourth-order valence-electron chi connectivity index (χ4n) is 1.90. The van der Waals surface area contributed by atoms with Gasteiger partial charge in [-0.1, -0.05) is 19.9 Å². The average Bonchev–Trinajstić information content (AvgIpc) is 3.02. The third-order valence-electron chi connectivity index (χ3n) is 3.04. The maximum absolute atomic E-state index is 5.29. The van der Waals surface area contributed by atoms with Crippen LogP contribution in [0.4, 0.5) is 0 Å². The molecule has 2 heterocycles. The van der Waals surface area contributed by atoms with E-state index in [0.29, 0.717) is 0 Å². The van der Waals surface area contributed by atoms with Gasteiger partial charge in [-0.15, -0.1) is 22.7 Å². The molecule has 2 rings (SSSR count). The van der Waals surface area contributed by atoms with Gasteiger partial charge in [0.15, 0.2) is 6.29 Å². The minimum absolute atomic E-state index is 0.0448. The lowest BCUT2D eigenvalue weighted by Crippen LogP contribution is -2.15. The molecule has 0 atom stereocenters. The van der Waals surface area contributed by atoms with Crippen molar-refractivity contribution >= 4 is 22.7 Å². The molecule has 0 aliphatic carbocycles. The lowest BCUT2D eigenvalue weighted by molar-refractivity contribution is -0.103. The predicted molar refractivity (Wildman–Crippen MR) is 77.5 cm³/mol. The van der Waals surface area contributed by atoms with Crippen LogP contribution in [0.15, 0.2) is 29.6 Å². The molecule has 2 nitrogen and oxygen atoms in total. The molecule has 98 valence electrons. The first-order valence-corrected chi connectivity index (χ1v) is 7.49. The minimum atomic E-state index is -0.261. The first-order chi connectivity index (χ1) is 8.59. The molecule has 0 unspecified atom stereocenters. The topological polar surface area (TPSA) is 18.5 Å². The zero-order valence-electron chi connectivity index (χ0n) is 11.1. The van der Waals surface area contributed by atoms with E-state index in [9.17, 15) is 0 Å². The van der Waals surface area contributed by atoms with Gasteiger partial charge in [-0.05, 0) is 23.6 Å². The Morgan fingerprint density at radius 2 is 1.78 bits per heavy atom. The maximum atomic E-state index is 5.29. The summed E-state index contributed by atoms with van der Waals surface area (Å²) in [5.41, 5.74) is 0.0448. The highest BCUT2D eigenvalue weighted by molar-refractivity contribution is 7.13. The highest BCUT2D eigenvalue weighted by Gasteiger charge is 2.27. The monoisotopic (exact) mass is 282 g/mol. The summed E-state index contributed by atoms with van der Waals surface area (Å²) in [4.78, 5) is 3.82. The van der Waals surface area contributed by atoms with E-state index in [0.717, 1.165) is 4.88 Å². The number of ether oxygens (including phenoxy) is 2. The number of hydrogen-bond acceptors (Lipinski definition) is 4. The summed E-state index contributed by atoms with van der Waals surface area (Å²) in [6.45, 7) is 4.51. The Morgan fingerprint density at radius 1 is 1.06 bits per heavy atom. The van der Waals surface area contributed by atoms with E-state index in [1.54, 1.807) is 36.9 Å². The molecule has 0 N–H and O–H groups in total. The molecule has 18 heavy (non-hydrogen) atoms. The van der Waals surface area contributed by atoms with Crippen molar-refractivity contribution in [2.45, 2.75) is 25.6 Å². The Hall–Kier alpha value is -0.680. The van der Waals surface area contributed by atoms with E-state index >= 15 is 0 Å². The van der Waals surface area contributed by atoms with E-state index in [1.165, 1.54) is 9.75 Å². The van der Waals surface area contributed by atoms with Gasteiger partial charge in [-0.3, -0.25) is 0 Å². The molecule has 0 aliphatic rings. The van der Waals surface area contributed by atoms with Gasteiger partial charge in [0.25, 0.3) is 0 Å². The van der Waals surface area contributed by atoms with Crippen molar-refractivity contribution in [1.29, 1.82) is 0 Å². The van der Waals surface area contributed by atoms with Crippen LogP contribution >= 0.6 is 22.7 Å². The van der Waals surface area contributed by atoms with Gasteiger partial charge in [0.05, 0.1) is 4.88 Å². The largest absolute Gasteiger partial charge is 0.351 e. The lowest BCUT2D eigenvalue weighted by atomic mass is 9.90. The Morgan fingerprint density at radius 3 is 2.33 bits per heavy atom. The highest BCUT2D eigenvalue weighted by atomic mass is 32.1. The number of rotatable bonds is 5. The molecule has 0 saturated carbocycles. The molecule has 0 bridgehead atoms. The third kappa shape index (κ3) is 2.52.